The second kappa shape index (κ2) is 4.78. The quantitative estimate of drug-likeness (QED) is 0.538. The number of epoxide rings is 1. The Balaban J connectivity index is 1.45. The summed E-state index contributed by atoms with van der Waals surface area (Å²) in [5.74, 6) is 1.22. The molecule has 0 radical (unpaired) electrons. The van der Waals surface area contributed by atoms with Gasteiger partial charge in [-0.2, -0.15) is 0 Å². The van der Waals surface area contributed by atoms with Crippen LogP contribution in [0.25, 0.3) is 0 Å². The molecule has 0 unspecified atom stereocenters. The van der Waals surface area contributed by atoms with Crippen LogP contribution in [0.15, 0.2) is 0 Å². The lowest BCUT2D eigenvalue weighted by molar-refractivity contribution is -0.280. The van der Waals surface area contributed by atoms with Crippen molar-refractivity contribution in [2.45, 2.75) is 103 Å². The molecule has 3 nitrogen and oxygen atoms in total. The molecule has 2 spiro atoms. The van der Waals surface area contributed by atoms with Gasteiger partial charge < -0.3 is 14.2 Å². The van der Waals surface area contributed by atoms with Crippen molar-refractivity contribution in [2.75, 3.05) is 13.2 Å². The van der Waals surface area contributed by atoms with Crippen LogP contribution in [0.3, 0.4) is 0 Å². The van der Waals surface area contributed by atoms with E-state index in [0.717, 1.165) is 31.5 Å². The van der Waals surface area contributed by atoms with Crippen LogP contribution in [0.5, 0.6) is 0 Å². The van der Waals surface area contributed by atoms with E-state index in [2.05, 4.69) is 34.6 Å². The molecule has 0 aromatic heterocycles. The Morgan fingerprint density at radius 1 is 0.778 bits per heavy atom. The molecule has 27 heavy (non-hydrogen) atoms. The number of fused-ring (bicyclic) bond motifs is 5. The van der Waals surface area contributed by atoms with Crippen molar-refractivity contribution in [1.29, 1.82) is 0 Å². The van der Waals surface area contributed by atoms with E-state index in [0.29, 0.717) is 16.9 Å². The van der Waals surface area contributed by atoms with Crippen molar-refractivity contribution < 1.29 is 14.2 Å². The Hall–Kier alpha value is -0.120. The van der Waals surface area contributed by atoms with Crippen molar-refractivity contribution in [3.8, 4) is 0 Å². The molecule has 3 heteroatoms. The molecule has 2 heterocycles. The molecule has 152 valence electrons. The highest BCUT2D eigenvalue weighted by Crippen LogP contribution is 2.82. The molecule has 2 aliphatic heterocycles. The third kappa shape index (κ3) is 1.64. The lowest BCUT2D eigenvalue weighted by Gasteiger charge is -2.69. The van der Waals surface area contributed by atoms with Crippen LogP contribution in [0.2, 0.25) is 0 Å². The van der Waals surface area contributed by atoms with Gasteiger partial charge in [0.15, 0.2) is 5.79 Å². The van der Waals surface area contributed by atoms with Crippen LogP contribution >= 0.6 is 0 Å². The molecule has 4 aliphatic carbocycles. The summed E-state index contributed by atoms with van der Waals surface area (Å²) in [6, 6.07) is 0. The van der Waals surface area contributed by atoms with Gasteiger partial charge in [0, 0.05) is 17.3 Å². The van der Waals surface area contributed by atoms with E-state index in [1.165, 1.54) is 44.9 Å². The van der Waals surface area contributed by atoms with Crippen LogP contribution in [0, 0.1) is 33.5 Å². The Kier molecular flexibility index (Phi) is 3.14. The second-order valence-corrected chi connectivity index (χ2v) is 12.1. The van der Waals surface area contributed by atoms with Gasteiger partial charge in [-0.15, -0.1) is 0 Å². The minimum atomic E-state index is -0.315. The molecule has 0 aromatic carbocycles. The fraction of sp³-hybridized carbons (Fsp3) is 1.00. The lowest BCUT2D eigenvalue weighted by Crippen LogP contribution is -2.67. The van der Waals surface area contributed by atoms with Crippen molar-refractivity contribution in [2.24, 2.45) is 33.5 Å². The van der Waals surface area contributed by atoms with E-state index in [4.69, 9.17) is 14.2 Å². The maximum atomic E-state index is 6.68. The highest BCUT2D eigenvalue weighted by Gasteiger charge is 2.82. The Morgan fingerprint density at radius 3 is 2.19 bits per heavy atom. The maximum Gasteiger partial charge on any atom is 0.174 e. The zero-order chi connectivity index (χ0) is 18.9. The summed E-state index contributed by atoms with van der Waals surface area (Å²) in [5.41, 5.74) is 1.31. The Morgan fingerprint density at radius 2 is 1.44 bits per heavy atom. The van der Waals surface area contributed by atoms with E-state index in [9.17, 15) is 0 Å². The first-order valence-corrected chi connectivity index (χ1v) is 11.6. The second-order valence-electron chi connectivity index (χ2n) is 12.1. The zero-order valence-corrected chi connectivity index (χ0v) is 18.0. The predicted molar refractivity (Wildman–Crippen MR) is 104 cm³/mol. The molecule has 8 atom stereocenters. The molecule has 6 rings (SSSR count). The van der Waals surface area contributed by atoms with Gasteiger partial charge in [-0.3, -0.25) is 0 Å². The van der Waals surface area contributed by atoms with Gasteiger partial charge >= 0.3 is 0 Å². The molecule has 0 amide bonds. The third-order valence-corrected chi connectivity index (χ3v) is 11.8. The molecule has 0 N–H and O–H groups in total. The van der Waals surface area contributed by atoms with Crippen LogP contribution in [0.4, 0.5) is 0 Å². The fourth-order valence-corrected chi connectivity index (χ4v) is 9.63. The van der Waals surface area contributed by atoms with Crippen molar-refractivity contribution in [3.63, 3.8) is 0 Å². The van der Waals surface area contributed by atoms with Crippen LogP contribution in [-0.4, -0.2) is 30.7 Å². The largest absolute Gasteiger partial charge is 0.365 e. The average molecular weight is 375 g/mol. The SMILES string of the molecule is C[C@H]1CC[C@]2(C)[C@@]3(C)CC[C@]4(C)C5(CC[C@@]4(C)[C@@H]3C[C@H]3O[C@]32C1)OCCO5. The van der Waals surface area contributed by atoms with E-state index in [1.807, 2.05) is 0 Å². The average Bonchev–Trinajstić information content (AvgIpc) is 3.01. The lowest BCUT2D eigenvalue weighted by atomic mass is 9.35. The monoisotopic (exact) mass is 374 g/mol. The summed E-state index contributed by atoms with van der Waals surface area (Å²) in [4.78, 5) is 0. The van der Waals surface area contributed by atoms with Crippen LogP contribution < -0.4 is 0 Å². The number of hydrogen-bond acceptors (Lipinski definition) is 3. The van der Waals surface area contributed by atoms with Crippen molar-refractivity contribution in [1.82, 2.24) is 0 Å². The number of ether oxygens (including phenoxy) is 3. The van der Waals surface area contributed by atoms with Gasteiger partial charge in [-0.05, 0) is 67.6 Å². The first kappa shape index (κ1) is 17.7. The zero-order valence-electron chi connectivity index (χ0n) is 18.0. The van der Waals surface area contributed by atoms with Crippen LogP contribution in [0.1, 0.15) is 86.0 Å². The normalized spacial score (nSPS) is 63.2. The summed E-state index contributed by atoms with van der Waals surface area (Å²) in [6.07, 6.45) is 10.7. The first-order valence-electron chi connectivity index (χ1n) is 11.6. The van der Waals surface area contributed by atoms with Gasteiger partial charge in [0.2, 0.25) is 0 Å². The molecule has 0 aromatic rings. The van der Waals surface area contributed by atoms with E-state index in [1.54, 1.807) is 0 Å². The summed E-state index contributed by atoms with van der Waals surface area (Å²) in [5, 5.41) is 0. The van der Waals surface area contributed by atoms with Gasteiger partial charge in [-0.1, -0.05) is 34.6 Å². The van der Waals surface area contributed by atoms with Gasteiger partial charge in [0.05, 0.1) is 19.3 Å². The van der Waals surface area contributed by atoms with E-state index < -0.39 is 0 Å². The first-order chi connectivity index (χ1) is 12.7. The summed E-state index contributed by atoms with van der Waals surface area (Å²) in [7, 11) is 0. The molecule has 6 fully saturated rings. The van der Waals surface area contributed by atoms with E-state index >= 15 is 0 Å². The smallest absolute Gasteiger partial charge is 0.174 e. The predicted octanol–water partition coefficient (Wildman–Crippen LogP) is 5.32. The maximum absolute atomic E-state index is 6.68. The number of hydrogen-bond donors (Lipinski definition) is 0. The van der Waals surface area contributed by atoms with E-state index in [-0.39, 0.29) is 22.2 Å². The van der Waals surface area contributed by atoms with Gasteiger partial charge in [-0.25, -0.2) is 0 Å². The Bertz CT molecular complexity index is 685. The third-order valence-electron chi connectivity index (χ3n) is 11.8. The fourth-order valence-electron chi connectivity index (χ4n) is 9.63. The van der Waals surface area contributed by atoms with Gasteiger partial charge in [0.25, 0.3) is 0 Å². The minimum absolute atomic E-state index is 0.133. The molecule has 6 aliphatic rings. The highest BCUT2D eigenvalue weighted by molar-refractivity contribution is 5.29. The molecule has 4 saturated carbocycles. The Labute approximate surface area is 164 Å². The highest BCUT2D eigenvalue weighted by atomic mass is 16.7. The standard InChI is InChI=1S/C24H38O3/c1-16-6-7-21(4)19(2)8-10-22(5)20(3,9-11-24(22)25-12-13-26-24)17(19)14-18-23(21,15-16)27-18/h16-18H,6-15H2,1-5H3/t16-,17+,18+,19-,20-,21+,22-,23+/m0/s1. The van der Waals surface area contributed by atoms with Crippen molar-refractivity contribution in [3.05, 3.63) is 0 Å². The number of rotatable bonds is 0. The topological polar surface area (TPSA) is 31.0 Å². The molecule has 2 saturated heterocycles. The summed E-state index contributed by atoms with van der Waals surface area (Å²) < 4.78 is 19.4. The molecular weight excluding hydrogens is 336 g/mol. The van der Waals surface area contributed by atoms with Gasteiger partial charge in [0.1, 0.15) is 5.60 Å². The summed E-state index contributed by atoms with van der Waals surface area (Å²) >= 11 is 0. The van der Waals surface area contributed by atoms with Crippen molar-refractivity contribution >= 4 is 0 Å². The summed E-state index contributed by atoms with van der Waals surface area (Å²) in [6.45, 7) is 14.4. The molecular formula is C24H38O3. The molecule has 0 bridgehead atoms. The minimum Gasteiger partial charge on any atom is -0.365 e. The van der Waals surface area contributed by atoms with Crippen LogP contribution in [-0.2, 0) is 14.2 Å².